The van der Waals surface area contributed by atoms with Crippen molar-refractivity contribution in [3.8, 4) is 0 Å². The molecule has 1 saturated heterocycles. The first-order chi connectivity index (χ1) is 21.4. The zero-order valence-electron chi connectivity index (χ0n) is 26.8. The van der Waals surface area contributed by atoms with Gasteiger partial charge in [-0.1, -0.05) is 75.1 Å². The SMILES string of the molecule is CC[C@H]1CC1(NC(=O)[C@@H]1C[C@@H](OCc2cccc3ccccc23)CN1C(=O)[C@@H](NC(=O)OC(C)(C)C)C1CCCCC1)C(=O)O. The van der Waals surface area contributed by atoms with Crippen LogP contribution in [0.3, 0.4) is 0 Å². The van der Waals surface area contributed by atoms with Gasteiger partial charge in [0.25, 0.3) is 0 Å². The van der Waals surface area contributed by atoms with Crippen molar-refractivity contribution in [1.29, 1.82) is 0 Å². The number of carbonyl (C=O) groups is 4. The zero-order chi connectivity index (χ0) is 32.4. The van der Waals surface area contributed by atoms with Gasteiger partial charge in [0.15, 0.2) is 0 Å². The summed E-state index contributed by atoms with van der Waals surface area (Å²) in [4.78, 5) is 54.9. The van der Waals surface area contributed by atoms with Gasteiger partial charge in [-0.2, -0.15) is 0 Å². The molecule has 1 unspecified atom stereocenters. The van der Waals surface area contributed by atoms with Gasteiger partial charge in [-0.25, -0.2) is 9.59 Å². The normalized spacial score (nSPS) is 25.9. The highest BCUT2D eigenvalue weighted by Gasteiger charge is 2.61. The fraction of sp³-hybridized carbons (Fsp3) is 0.600. The van der Waals surface area contributed by atoms with Crippen LogP contribution in [-0.2, 0) is 30.5 Å². The molecule has 1 aliphatic heterocycles. The van der Waals surface area contributed by atoms with Gasteiger partial charge in [-0.05, 0) is 68.2 Å². The standard InChI is InChI=1S/C35H47N3O7/c1-5-25-19-35(25,32(41)42)37-30(39)28-18-26(44-21-24-16-11-15-22-12-9-10-17-27(22)24)20-38(28)31(40)29(23-13-7-6-8-14-23)36-33(43)45-34(2,3)4/h9-12,15-17,23,25-26,28-29H,5-8,13-14,18-21H2,1-4H3,(H,36,43)(H,37,39)(H,41,42)/t25-,26+,28-,29-,35?/m0/s1. The molecule has 0 spiro atoms. The number of amides is 3. The molecule has 5 rings (SSSR count). The number of rotatable bonds is 10. The first kappa shape index (κ1) is 32.7. The number of hydrogen-bond acceptors (Lipinski definition) is 6. The Labute approximate surface area is 265 Å². The number of aliphatic carboxylic acids is 1. The molecule has 3 amide bonds. The summed E-state index contributed by atoms with van der Waals surface area (Å²) in [5.41, 5.74) is -1.06. The van der Waals surface area contributed by atoms with Gasteiger partial charge in [0.2, 0.25) is 11.8 Å². The highest BCUT2D eigenvalue weighted by atomic mass is 16.6. The van der Waals surface area contributed by atoms with Crippen molar-refractivity contribution in [2.24, 2.45) is 11.8 Å². The molecule has 10 heteroatoms. The second kappa shape index (κ2) is 13.4. The van der Waals surface area contributed by atoms with Crippen LogP contribution >= 0.6 is 0 Å². The van der Waals surface area contributed by atoms with Crippen LogP contribution in [0.25, 0.3) is 10.8 Å². The number of fused-ring (bicyclic) bond motifs is 1. The first-order valence-electron chi connectivity index (χ1n) is 16.4. The molecular formula is C35H47N3O7. The summed E-state index contributed by atoms with van der Waals surface area (Å²) >= 11 is 0. The van der Waals surface area contributed by atoms with Crippen LogP contribution in [-0.4, -0.2) is 69.8 Å². The third-order valence-corrected chi connectivity index (χ3v) is 9.59. The smallest absolute Gasteiger partial charge is 0.408 e. The predicted molar refractivity (Wildman–Crippen MR) is 169 cm³/mol. The summed E-state index contributed by atoms with van der Waals surface area (Å²) in [5, 5.41) is 17.8. The number of nitrogens with zero attached hydrogens (tertiary/aromatic N) is 1. The van der Waals surface area contributed by atoms with Crippen LogP contribution in [0.4, 0.5) is 4.79 Å². The van der Waals surface area contributed by atoms with Crippen molar-refractivity contribution in [2.75, 3.05) is 6.54 Å². The van der Waals surface area contributed by atoms with E-state index in [-0.39, 0.29) is 30.7 Å². The molecule has 5 atom stereocenters. The molecule has 0 bridgehead atoms. The molecule has 10 nitrogen and oxygen atoms in total. The molecule has 3 fully saturated rings. The largest absolute Gasteiger partial charge is 0.479 e. The van der Waals surface area contributed by atoms with Gasteiger partial charge in [-0.15, -0.1) is 0 Å². The Morgan fingerprint density at radius 2 is 1.76 bits per heavy atom. The van der Waals surface area contributed by atoms with Gasteiger partial charge < -0.3 is 30.1 Å². The van der Waals surface area contributed by atoms with Crippen molar-refractivity contribution >= 4 is 34.6 Å². The number of benzene rings is 2. The van der Waals surface area contributed by atoms with Crippen LogP contribution in [0, 0.1) is 11.8 Å². The number of alkyl carbamates (subject to hydrolysis) is 1. The van der Waals surface area contributed by atoms with Crippen molar-refractivity contribution in [1.82, 2.24) is 15.5 Å². The number of carbonyl (C=O) groups excluding carboxylic acids is 3. The van der Waals surface area contributed by atoms with Gasteiger partial charge >= 0.3 is 12.1 Å². The lowest BCUT2D eigenvalue weighted by Crippen LogP contribution is -2.58. The van der Waals surface area contributed by atoms with E-state index in [0.717, 1.165) is 48.4 Å². The molecule has 2 aliphatic carbocycles. The van der Waals surface area contributed by atoms with E-state index in [9.17, 15) is 24.3 Å². The van der Waals surface area contributed by atoms with E-state index in [1.54, 1.807) is 20.8 Å². The first-order valence-corrected chi connectivity index (χ1v) is 16.4. The van der Waals surface area contributed by atoms with Gasteiger partial charge in [-0.3, -0.25) is 9.59 Å². The molecule has 2 aromatic carbocycles. The molecule has 2 aromatic rings. The topological polar surface area (TPSA) is 134 Å². The van der Waals surface area contributed by atoms with Crippen LogP contribution in [0.1, 0.15) is 84.6 Å². The fourth-order valence-electron chi connectivity index (χ4n) is 7.09. The van der Waals surface area contributed by atoms with Crippen LogP contribution < -0.4 is 10.6 Å². The highest BCUT2D eigenvalue weighted by molar-refractivity contribution is 5.96. The van der Waals surface area contributed by atoms with Gasteiger partial charge in [0, 0.05) is 13.0 Å². The highest BCUT2D eigenvalue weighted by Crippen LogP contribution is 2.46. The second-order valence-electron chi connectivity index (χ2n) is 13.9. The van der Waals surface area contributed by atoms with E-state index < -0.39 is 47.3 Å². The Hall–Kier alpha value is -3.66. The maximum Gasteiger partial charge on any atom is 0.408 e. The van der Waals surface area contributed by atoms with Gasteiger partial charge in [0.05, 0.1) is 12.7 Å². The lowest BCUT2D eigenvalue weighted by molar-refractivity contribution is -0.146. The van der Waals surface area contributed by atoms with E-state index in [1.807, 2.05) is 49.4 Å². The average molecular weight is 622 g/mol. The summed E-state index contributed by atoms with van der Waals surface area (Å²) in [7, 11) is 0. The predicted octanol–water partition coefficient (Wildman–Crippen LogP) is 5.17. The fourth-order valence-corrected chi connectivity index (χ4v) is 7.09. The number of likely N-dealkylation sites (tertiary alicyclic amines) is 1. The van der Waals surface area contributed by atoms with Crippen molar-refractivity contribution in [2.45, 2.75) is 115 Å². The minimum absolute atomic E-state index is 0.101. The van der Waals surface area contributed by atoms with Crippen molar-refractivity contribution in [3.05, 3.63) is 48.0 Å². The second-order valence-corrected chi connectivity index (χ2v) is 13.9. The summed E-state index contributed by atoms with van der Waals surface area (Å²) in [6, 6.07) is 12.3. The number of ether oxygens (including phenoxy) is 2. The molecule has 244 valence electrons. The molecule has 2 saturated carbocycles. The van der Waals surface area contributed by atoms with Crippen LogP contribution in [0.15, 0.2) is 42.5 Å². The maximum absolute atomic E-state index is 14.4. The summed E-state index contributed by atoms with van der Waals surface area (Å²) in [6.45, 7) is 7.65. The molecule has 1 heterocycles. The van der Waals surface area contributed by atoms with Crippen LogP contribution in [0.2, 0.25) is 0 Å². The molecule has 3 aliphatic rings. The Balaban J connectivity index is 1.39. The number of carboxylic acids is 1. The molecular weight excluding hydrogens is 574 g/mol. The van der Waals surface area contributed by atoms with Gasteiger partial charge in [0.1, 0.15) is 23.2 Å². The third kappa shape index (κ3) is 7.43. The number of carboxylic acid groups (broad SMARTS) is 1. The number of hydrogen-bond donors (Lipinski definition) is 3. The van der Waals surface area contributed by atoms with E-state index in [1.165, 1.54) is 4.90 Å². The Morgan fingerprint density at radius 3 is 2.42 bits per heavy atom. The van der Waals surface area contributed by atoms with E-state index in [4.69, 9.17) is 9.47 Å². The number of nitrogens with one attached hydrogen (secondary N) is 2. The maximum atomic E-state index is 14.4. The molecule has 0 aromatic heterocycles. The monoisotopic (exact) mass is 621 g/mol. The quantitative estimate of drug-likeness (QED) is 0.333. The van der Waals surface area contributed by atoms with Crippen molar-refractivity contribution < 1.29 is 33.8 Å². The van der Waals surface area contributed by atoms with Crippen molar-refractivity contribution in [3.63, 3.8) is 0 Å². The van der Waals surface area contributed by atoms with E-state index in [0.29, 0.717) is 19.4 Å². The Morgan fingerprint density at radius 1 is 1.04 bits per heavy atom. The third-order valence-electron chi connectivity index (χ3n) is 9.59. The minimum Gasteiger partial charge on any atom is -0.479 e. The summed E-state index contributed by atoms with van der Waals surface area (Å²) in [6.07, 6.45) is 4.59. The molecule has 45 heavy (non-hydrogen) atoms. The lowest BCUT2D eigenvalue weighted by atomic mass is 9.83. The Kier molecular flexibility index (Phi) is 9.72. The summed E-state index contributed by atoms with van der Waals surface area (Å²) < 4.78 is 11.9. The average Bonchev–Trinajstić information content (AvgIpc) is 3.56. The minimum atomic E-state index is -1.32. The molecule has 3 N–H and O–H groups in total. The van der Waals surface area contributed by atoms with E-state index in [2.05, 4.69) is 10.6 Å². The van der Waals surface area contributed by atoms with Crippen LogP contribution in [0.5, 0.6) is 0 Å². The zero-order valence-corrected chi connectivity index (χ0v) is 26.8. The van der Waals surface area contributed by atoms with E-state index >= 15 is 0 Å². The molecule has 0 radical (unpaired) electrons. The Bertz CT molecular complexity index is 1410. The lowest BCUT2D eigenvalue weighted by Gasteiger charge is -2.35. The summed E-state index contributed by atoms with van der Waals surface area (Å²) in [5.74, 6) is -2.19.